The van der Waals surface area contributed by atoms with Gasteiger partial charge in [-0.3, -0.25) is 4.90 Å². The molecule has 18 heavy (non-hydrogen) atoms. The minimum atomic E-state index is 0.400. The van der Waals surface area contributed by atoms with Crippen molar-refractivity contribution in [2.45, 2.75) is 71.1 Å². The van der Waals surface area contributed by atoms with Gasteiger partial charge in [0, 0.05) is 31.8 Å². The van der Waals surface area contributed by atoms with Gasteiger partial charge in [-0.1, -0.05) is 26.2 Å². The monoisotopic (exact) mass is 256 g/mol. The molecule has 0 bridgehead atoms. The fourth-order valence-corrected chi connectivity index (χ4v) is 2.75. The average molecular weight is 256 g/mol. The molecule has 3 heteroatoms. The van der Waals surface area contributed by atoms with E-state index in [2.05, 4.69) is 38.0 Å². The van der Waals surface area contributed by atoms with E-state index in [4.69, 9.17) is 4.74 Å². The predicted molar refractivity (Wildman–Crippen MR) is 78.1 cm³/mol. The van der Waals surface area contributed by atoms with Gasteiger partial charge >= 0.3 is 0 Å². The van der Waals surface area contributed by atoms with E-state index in [1.165, 1.54) is 32.1 Å². The molecule has 108 valence electrons. The summed E-state index contributed by atoms with van der Waals surface area (Å²) in [7, 11) is 2.22. The zero-order chi connectivity index (χ0) is 13.4. The van der Waals surface area contributed by atoms with Gasteiger partial charge in [-0.25, -0.2) is 0 Å². The Labute approximate surface area is 113 Å². The molecule has 1 saturated heterocycles. The molecule has 1 fully saturated rings. The highest BCUT2D eigenvalue weighted by atomic mass is 16.5. The standard InChI is InChI=1S/C15H32N2O/c1-5-6-7-8-13(2)16-10-11-17(4)15-9-12-18-14(15)3/h13-16H,5-12H2,1-4H3. The molecule has 3 nitrogen and oxygen atoms in total. The quantitative estimate of drug-likeness (QED) is 0.642. The molecule has 1 aliphatic rings. The van der Waals surface area contributed by atoms with Crippen molar-refractivity contribution in [3.8, 4) is 0 Å². The van der Waals surface area contributed by atoms with Crippen LogP contribution in [-0.2, 0) is 4.74 Å². The van der Waals surface area contributed by atoms with Gasteiger partial charge in [0.05, 0.1) is 6.10 Å². The smallest absolute Gasteiger partial charge is 0.0702 e. The highest BCUT2D eigenvalue weighted by Gasteiger charge is 2.27. The molecule has 0 aromatic heterocycles. The Kier molecular flexibility index (Phi) is 7.87. The first kappa shape index (κ1) is 15.9. The third-order valence-electron chi connectivity index (χ3n) is 4.10. The third kappa shape index (κ3) is 5.68. The molecule has 0 aromatic rings. The normalized spacial score (nSPS) is 25.8. The van der Waals surface area contributed by atoms with Crippen LogP contribution < -0.4 is 5.32 Å². The van der Waals surface area contributed by atoms with Gasteiger partial charge in [0.1, 0.15) is 0 Å². The number of ether oxygens (including phenoxy) is 1. The van der Waals surface area contributed by atoms with Crippen LogP contribution >= 0.6 is 0 Å². The molecule has 1 aliphatic heterocycles. The number of nitrogens with zero attached hydrogens (tertiary/aromatic N) is 1. The lowest BCUT2D eigenvalue weighted by molar-refractivity contribution is 0.0838. The van der Waals surface area contributed by atoms with E-state index in [9.17, 15) is 0 Å². The number of hydrogen-bond donors (Lipinski definition) is 1. The second-order valence-corrected chi connectivity index (χ2v) is 5.76. The fourth-order valence-electron chi connectivity index (χ4n) is 2.75. The summed E-state index contributed by atoms with van der Waals surface area (Å²) in [6.45, 7) is 9.89. The Balaban J connectivity index is 2.05. The second kappa shape index (κ2) is 8.89. The minimum Gasteiger partial charge on any atom is -0.377 e. The van der Waals surface area contributed by atoms with Gasteiger partial charge in [-0.05, 0) is 33.7 Å². The summed E-state index contributed by atoms with van der Waals surface area (Å²) in [5.74, 6) is 0. The van der Waals surface area contributed by atoms with Crippen LogP contribution in [0.5, 0.6) is 0 Å². The first-order valence-corrected chi connectivity index (χ1v) is 7.70. The lowest BCUT2D eigenvalue weighted by atomic mass is 10.1. The van der Waals surface area contributed by atoms with Gasteiger partial charge in [-0.2, -0.15) is 0 Å². The average Bonchev–Trinajstić information content (AvgIpc) is 2.76. The number of unbranched alkanes of at least 4 members (excludes halogenated alkanes) is 2. The third-order valence-corrected chi connectivity index (χ3v) is 4.10. The van der Waals surface area contributed by atoms with E-state index in [0.717, 1.165) is 19.7 Å². The van der Waals surface area contributed by atoms with Crippen LogP contribution in [0.2, 0.25) is 0 Å². The zero-order valence-electron chi connectivity index (χ0n) is 12.7. The maximum atomic E-state index is 5.62. The Morgan fingerprint density at radius 2 is 2.17 bits per heavy atom. The van der Waals surface area contributed by atoms with E-state index in [1.54, 1.807) is 0 Å². The molecule has 1 N–H and O–H groups in total. The van der Waals surface area contributed by atoms with E-state index in [1.807, 2.05) is 0 Å². The Morgan fingerprint density at radius 1 is 1.39 bits per heavy atom. The zero-order valence-corrected chi connectivity index (χ0v) is 12.7. The molecule has 3 atom stereocenters. The number of likely N-dealkylation sites (N-methyl/N-ethyl adjacent to an activating group) is 1. The first-order chi connectivity index (χ1) is 8.65. The van der Waals surface area contributed by atoms with Crippen LogP contribution in [-0.4, -0.2) is 49.8 Å². The van der Waals surface area contributed by atoms with Crippen molar-refractivity contribution in [1.29, 1.82) is 0 Å². The first-order valence-electron chi connectivity index (χ1n) is 7.70. The summed E-state index contributed by atoms with van der Waals surface area (Å²) < 4.78 is 5.62. The number of rotatable bonds is 9. The van der Waals surface area contributed by atoms with Crippen molar-refractivity contribution in [3.05, 3.63) is 0 Å². The van der Waals surface area contributed by atoms with Crippen molar-refractivity contribution in [3.63, 3.8) is 0 Å². The van der Waals surface area contributed by atoms with Crippen LogP contribution in [0.4, 0.5) is 0 Å². The summed E-state index contributed by atoms with van der Waals surface area (Å²) >= 11 is 0. The summed E-state index contributed by atoms with van der Waals surface area (Å²) in [4.78, 5) is 2.45. The van der Waals surface area contributed by atoms with Crippen molar-refractivity contribution >= 4 is 0 Å². The SMILES string of the molecule is CCCCCC(C)NCCN(C)C1CCOC1C. The van der Waals surface area contributed by atoms with E-state index in [0.29, 0.717) is 18.2 Å². The fraction of sp³-hybridized carbons (Fsp3) is 1.00. The summed E-state index contributed by atoms with van der Waals surface area (Å²) in [5.41, 5.74) is 0. The Morgan fingerprint density at radius 3 is 2.78 bits per heavy atom. The van der Waals surface area contributed by atoms with Gasteiger partial charge in [0.15, 0.2) is 0 Å². The second-order valence-electron chi connectivity index (χ2n) is 5.76. The summed E-state index contributed by atoms with van der Waals surface area (Å²) in [5, 5.41) is 3.63. The molecule has 0 aliphatic carbocycles. The lowest BCUT2D eigenvalue weighted by Gasteiger charge is -2.27. The molecule has 0 aromatic carbocycles. The van der Waals surface area contributed by atoms with E-state index >= 15 is 0 Å². The molecule has 0 saturated carbocycles. The summed E-state index contributed by atoms with van der Waals surface area (Å²) in [6, 6.07) is 1.27. The van der Waals surface area contributed by atoms with E-state index in [-0.39, 0.29) is 0 Å². The van der Waals surface area contributed by atoms with Gasteiger partial charge in [0.2, 0.25) is 0 Å². The number of nitrogens with one attached hydrogen (secondary N) is 1. The molecule has 0 radical (unpaired) electrons. The largest absolute Gasteiger partial charge is 0.377 e. The Hall–Kier alpha value is -0.120. The molecular weight excluding hydrogens is 224 g/mol. The molecule has 0 spiro atoms. The van der Waals surface area contributed by atoms with Gasteiger partial charge < -0.3 is 10.1 Å². The highest BCUT2D eigenvalue weighted by molar-refractivity contribution is 4.80. The van der Waals surface area contributed by atoms with E-state index < -0.39 is 0 Å². The van der Waals surface area contributed by atoms with Gasteiger partial charge in [-0.15, -0.1) is 0 Å². The van der Waals surface area contributed by atoms with Crippen LogP contribution in [0.25, 0.3) is 0 Å². The molecule has 0 amide bonds. The topological polar surface area (TPSA) is 24.5 Å². The predicted octanol–water partition coefficient (Wildman–Crippen LogP) is 2.65. The molecular formula is C15H32N2O. The van der Waals surface area contributed by atoms with Crippen molar-refractivity contribution in [1.82, 2.24) is 10.2 Å². The minimum absolute atomic E-state index is 0.400. The van der Waals surface area contributed by atoms with Crippen molar-refractivity contribution < 1.29 is 4.74 Å². The highest BCUT2D eigenvalue weighted by Crippen LogP contribution is 2.17. The van der Waals surface area contributed by atoms with Crippen LogP contribution in [0.1, 0.15) is 52.9 Å². The Bertz CT molecular complexity index is 211. The number of hydrogen-bond acceptors (Lipinski definition) is 3. The molecule has 3 unspecified atom stereocenters. The lowest BCUT2D eigenvalue weighted by Crippen LogP contribution is -2.42. The van der Waals surface area contributed by atoms with Crippen LogP contribution in [0.15, 0.2) is 0 Å². The van der Waals surface area contributed by atoms with Crippen LogP contribution in [0.3, 0.4) is 0 Å². The van der Waals surface area contributed by atoms with Crippen molar-refractivity contribution in [2.75, 3.05) is 26.7 Å². The van der Waals surface area contributed by atoms with Crippen molar-refractivity contribution in [2.24, 2.45) is 0 Å². The maximum absolute atomic E-state index is 5.62. The van der Waals surface area contributed by atoms with Gasteiger partial charge in [0.25, 0.3) is 0 Å². The summed E-state index contributed by atoms with van der Waals surface area (Å²) in [6.07, 6.45) is 6.92. The maximum Gasteiger partial charge on any atom is 0.0702 e. The molecule has 1 rings (SSSR count). The molecule has 1 heterocycles. The van der Waals surface area contributed by atoms with Crippen LogP contribution in [0, 0.1) is 0 Å².